The summed E-state index contributed by atoms with van der Waals surface area (Å²) in [5.74, 6) is -2.20. The summed E-state index contributed by atoms with van der Waals surface area (Å²) in [6.45, 7) is 3.66. The van der Waals surface area contributed by atoms with Crippen LogP contribution in [0.25, 0.3) is 0 Å². The lowest BCUT2D eigenvalue weighted by molar-refractivity contribution is -0.870. The number of likely N-dealkylation sites (N-methyl/N-ethyl adjacent to an activating group) is 1. The number of quaternary nitrogens is 1. The minimum Gasteiger partial charge on any atom is -0.462 e. The van der Waals surface area contributed by atoms with Crippen LogP contribution in [0.15, 0.2) is 85.1 Å². The smallest absolute Gasteiger partial charge is 0.462 e. The summed E-state index contributed by atoms with van der Waals surface area (Å²) in [4.78, 5) is 48.5. The Morgan fingerprint density at radius 1 is 0.719 bits per heavy atom. The predicted octanol–water partition coefficient (Wildman–Crippen LogP) is 9.13. The van der Waals surface area contributed by atoms with E-state index in [1.807, 2.05) is 39.4 Å². The molecule has 1 aliphatic carbocycles. The van der Waals surface area contributed by atoms with E-state index in [2.05, 4.69) is 68.5 Å². The summed E-state index contributed by atoms with van der Waals surface area (Å²) in [6.07, 6.45) is 35.7. The zero-order chi connectivity index (χ0) is 47.5. The van der Waals surface area contributed by atoms with Crippen LogP contribution in [0.1, 0.15) is 129 Å². The van der Waals surface area contributed by atoms with E-state index >= 15 is 0 Å². The fourth-order valence-electron chi connectivity index (χ4n) is 6.68. The number of nitrogens with zero attached hydrogens (tertiary/aromatic N) is 1. The highest BCUT2D eigenvalue weighted by atomic mass is 31.2. The second-order valence-electron chi connectivity index (χ2n) is 17.4. The average Bonchev–Trinajstić information content (AvgIpc) is 3.49. The van der Waals surface area contributed by atoms with Crippen LogP contribution >= 0.6 is 7.82 Å². The molecule has 7 atom stereocenters. The number of hydrogen-bond acceptors (Lipinski definition) is 11. The molecule has 0 aromatic heterocycles. The summed E-state index contributed by atoms with van der Waals surface area (Å²) >= 11 is 0. The molecule has 14 heteroatoms. The Morgan fingerprint density at radius 2 is 1.30 bits per heavy atom. The summed E-state index contributed by atoms with van der Waals surface area (Å²) in [7, 11) is 1.21. The molecule has 1 fully saturated rings. The molecule has 0 saturated heterocycles. The fraction of sp³-hybridized carbons (Fsp3) is 0.660. The van der Waals surface area contributed by atoms with Gasteiger partial charge in [0.25, 0.3) is 0 Å². The molecular weight excluding hydrogens is 838 g/mol. The Kier molecular flexibility index (Phi) is 33.0. The lowest BCUT2D eigenvalue weighted by atomic mass is 9.87. The molecule has 1 rings (SSSR count). The lowest BCUT2D eigenvalue weighted by Gasteiger charge is -2.24. The quantitative estimate of drug-likeness (QED) is 0.0153. The number of esters is 2. The summed E-state index contributed by atoms with van der Waals surface area (Å²) in [5.41, 5.74) is 0. The molecular formula is C50H83NO12P+. The van der Waals surface area contributed by atoms with Gasteiger partial charge in [0.2, 0.25) is 0 Å². The van der Waals surface area contributed by atoms with Crippen molar-refractivity contribution < 1.29 is 62.2 Å². The van der Waals surface area contributed by atoms with E-state index in [1.54, 1.807) is 12.2 Å². The van der Waals surface area contributed by atoms with E-state index in [1.165, 1.54) is 0 Å². The first-order valence-corrected chi connectivity index (χ1v) is 25.0. The fourth-order valence-corrected chi connectivity index (χ4v) is 7.42. The summed E-state index contributed by atoms with van der Waals surface area (Å²) < 4.78 is 34.1. The van der Waals surface area contributed by atoms with Crippen LogP contribution in [0.4, 0.5) is 0 Å². The number of rotatable bonds is 37. The number of ketones is 1. The molecule has 1 unspecified atom stereocenters. The number of Topliss-reactive ketones (excluding diaryl/α,β-unsaturated/α-hetero) is 1. The Hall–Kier alpha value is -3.26. The number of carbonyl (C=O) groups is 3. The number of aliphatic hydroxyl groups excluding tert-OH is 3. The first-order chi connectivity index (χ1) is 30.6. The second-order valence-corrected chi connectivity index (χ2v) is 18.8. The second kappa shape index (κ2) is 35.9. The highest BCUT2D eigenvalue weighted by Crippen LogP contribution is 2.43. The Balaban J connectivity index is 2.55. The standard InChI is InChI=1S/C50H82NO12P/c1-6-8-10-11-12-13-14-15-16-17-18-19-20-21-22-23-24-25-27-33-50(57)63-44(41-62-64(58,59)61-37-36-51(3,4)5)40-60-49(56)32-29-28-31-43(53)38-46-45(47(54)39-48(46)55)35-34-42(52)30-26-9-7-2/h8,10,12-13,15-16,18-19,21-22,24-25,34-35,42,44-48,52,54-55H,6-7,9,11,14,17,20,23,26-33,36-41H2,1-5H3/p+1/b10-8-,13-12-,16-15-,19-18-,22-21-,25-24-,35-34+/t42-,44+,45+,46+,47+,48-/m0/s1. The van der Waals surface area contributed by atoms with Crippen LogP contribution in [-0.2, 0) is 37.5 Å². The Labute approximate surface area is 384 Å². The number of phosphoric ester groups is 1. The van der Waals surface area contributed by atoms with Crippen LogP contribution in [-0.4, -0.2) is 114 Å². The third-order valence-corrected chi connectivity index (χ3v) is 11.4. The SMILES string of the molecule is CC/C=C\C/C=C\C/C=C\C/C=C\C/C=C\C/C=C\CCC(=O)O[C@H](COC(=O)CCCCC(=O)C[C@@H]1[C@@H](/C=C/[C@@H](O)CCCCC)[C@H](O)C[C@@H]1O)COP(=O)(O)OCC[N+](C)(C)C. The molecule has 364 valence electrons. The minimum atomic E-state index is -4.50. The van der Waals surface area contributed by atoms with E-state index in [9.17, 15) is 39.2 Å². The van der Waals surface area contributed by atoms with Gasteiger partial charge in [0.05, 0.1) is 46.1 Å². The van der Waals surface area contributed by atoms with E-state index in [-0.39, 0.29) is 44.5 Å². The van der Waals surface area contributed by atoms with Gasteiger partial charge in [-0.3, -0.25) is 23.4 Å². The first-order valence-electron chi connectivity index (χ1n) is 23.5. The van der Waals surface area contributed by atoms with Gasteiger partial charge in [0.15, 0.2) is 6.10 Å². The maximum Gasteiger partial charge on any atom is 0.472 e. The van der Waals surface area contributed by atoms with Gasteiger partial charge < -0.3 is 34.2 Å². The average molecular weight is 921 g/mol. The molecule has 0 heterocycles. The van der Waals surface area contributed by atoms with Crippen molar-refractivity contribution in [1.82, 2.24) is 0 Å². The number of phosphoric acid groups is 1. The normalized spacial score (nSPS) is 20.5. The number of hydrogen-bond donors (Lipinski definition) is 4. The highest BCUT2D eigenvalue weighted by Gasteiger charge is 2.41. The van der Waals surface area contributed by atoms with E-state index in [0.717, 1.165) is 51.4 Å². The third kappa shape index (κ3) is 32.4. The van der Waals surface area contributed by atoms with Crippen LogP contribution in [0.5, 0.6) is 0 Å². The Morgan fingerprint density at radius 3 is 1.88 bits per heavy atom. The Bertz CT molecular complexity index is 1540. The molecule has 0 amide bonds. The molecule has 1 saturated carbocycles. The molecule has 4 N–H and O–H groups in total. The van der Waals surface area contributed by atoms with Gasteiger partial charge in [0, 0.05) is 43.9 Å². The molecule has 13 nitrogen and oxygen atoms in total. The number of unbranched alkanes of at least 4 members (excludes halogenated alkanes) is 3. The van der Waals surface area contributed by atoms with E-state index in [0.29, 0.717) is 43.1 Å². The van der Waals surface area contributed by atoms with Crippen LogP contribution in [0.2, 0.25) is 0 Å². The van der Waals surface area contributed by atoms with Gasteiger partial charge in [-0.1, -0.05) is 118 Å². The van der Waals surface area contributed by atoms with Crippen molar-refractivity contribution >= 4 is 25.5 Å². The van der Waals surface area contributed by atoms with Crippen molar-refractivity contribution in [1.29, 1.82) is 0 Å². The summed E-state index contributed by atoms with van der Waals surface area (Å²) in [5, 5.41) is 31.4. The van der Waals surface area contributed by atoms with Gasteiger partial charge >= 0.3 is 19.8 Å². The number of aliphatic hydroxyl groups is 3. The van der Waals surface area contributed by atoms with Crippen molar-refractivity contribution in [2.75, 3.05) is 47.5 Å². The molecule has 0 aromatic rings. The van der Waals surface area contributed by atoms with Crippen LogP contribution in [0.3, 0.4) is 0 Å². The zero-order valence-corrected chi connectivity index (χ0v) is 40.4. The van der Waals surface area contributed by atoms with Crippen molar-refractivity contribution in [3.05, 3.63) is 85.1 Å². The largest absolute Gasteiger partial charge is 0.472 e. The molecule has 0 radical (unpaired) electrons. The van der Waals surface area contributed by atoms with Crippen molar-refractivity contribution in [2.45, 2.75) is 154 Å². The molecule has 0 spiro atoms. The van der Waals surface area contributed by atoms with Gasteiger partial charge in [-0.15, -0.1) is 0 Å². The zero-order valence-electron chi connectivity index (χ0n) is 39.6. The van der Waals surface area contributed by atoms with Gasteiger partial charge in [-0.25, -0.2) is 4.57 Å². The van der Waals surface area contributed by atoms with Crippen molar-refractivity contribution in [2.24, 2.45) is 11.8 Å². The van der Waals surface area contributed by atoms with Crippen molar-refractivity contribution in [3.63, 3.8) is 0 Å². The third-order valence-electron chi connectivity index (χ3n) is 10.4. The van der Waals surface area contributed by atoms with Gasteiger partial charge in [-0.2, -0.15) is 0 Å². The molecule has 1 aliphatic rings. The molecule has 0 aliphatic heterocycles. The number of ether oxygens (including phenoxy) is 2. The molecule has 0 aromatic carbocycles. The topological polar surface area (TPSA) is 186 Å². The van der Waals surface area contributed by atoms with Gasteiger partial charge in [-0.05, 0) is 64.2 Å². The highest BCUT2D eigenvalue weighted by molar-refractivity contribution is 7.47. The maximum absolute atomic E-state index is 12.9. The monoisotopic (exact) mass is 921 g/mol. The van der Waals surface area contributed by atoms with E-state index < -0.39 is 69.2 Å². The van der Waals surface area contributed by atoms with E-state index in [4.69, 9.17) is 18.5 Å². The first kappa shape index (κ1) is 58.8. The number of carbonyl (C=O) groups excluding carboxylic acids is 3. The predicted molar refractivity (Wildman–Crippen MR) is 254 cm³/mol. The molecule has 0 bridgehead atoms. The number of allylic oxidation sites excluding steroid dienone is 12. The lowest BCUT2D eigenvalue weighted by Crippen LogP contribution is -2.37. The maximum atomic E-state index is 12.9. The van der Waals surface area contributed by atoms with Crippen LogP contribution in [0, 0.1) is 11.8 Å². The molecule has 64 heavy (non-hydrogen) atoms. The van der Waals surface area contributed by atoms with Crippen LogP contribution < -0.4 is 0 Å². The summed E-state index contributed by atoms with van der Waals surface area (Å²) in [6, 6.07) is 0. The minimum absolute atomic E-state index is 0.0177. The van der Waals surface area contributed by atoms with Crippen molar-refractivity contribution in [3.8, 4) is 0 Å². The van der Waals surface area contributed by atoms with Gasteiger partial charge in [0.1, 0.15) is 25.5 Å².